The van der Waals surface area contributed by atoms with Crippen molar-refractivity contribution >= 4 is 21.8 Å². The Labute approximate surface area is 85.2 Å². The van der Waals surface area contributed by atoms with Crippen LogP contribution in [0.1, 0.15) is 10.4 Å². The second-order valence-corrected chi connectivity index (χ2v) is 3.28. The summed E-state index contributed by atoms with van der Waals surface area (Å²) in [5.41, 5.74) is 0.586. The summed E-state index contributed by atoms with van der Waals surface area (Å²) in [5.74, 6) is 0.534. The monoisotopic (exact) mass is 243 g/mol. The number of rotatable bonds is 2. The summed E-state index contributed by atoms with van der Waals surface area (Å²) in [7, 11) is 3.16. The number of benzene rings is 1. The van der Waals surface area contributed by atoms with Gasteiger partial charge in [-0.05, 0) is 34.1 Å². The summed E-state index contributed by atoms with van der Waals surface area (Å²) in [4.78, 5) is 11.2. The standard InChI is InChI=1S/C9H10BrNO2/c1-11-9(12)6-3-4-7(10)8(5-6)13-2/h3-5H,1-2H3,(H,11,12). The van der Waals surface area contributed by atoms with Gasteiger partial charge in [0.25, 0.3) is 5.91 Å². The molecule has 0 atom stereocenters. The number of halogens is 1. The second-order valence-electron chi connectivity index (χ2n) is 2.43. The Bertz CT molecular complexity index is 325. The first kappa shape index (κ1) is 10.1. The molecule has 0 heterocycles. The number of hydrogen-bond acceptors (Lipinski definition) is 2. The van der Waals surface area contributed by atoms with Crippen LogP contribution in [-0.2, 0) is 0 Å². The molecule has 0 aromatic heterocycles. The Morgan fingerprint density at radius 2 is 2.23 bits per heavy atom. The molecule has 1 aromatic rings. The van der Waals surface area contributed by atoms with E-state index in [4.69, 9.17) is 4.74 Å². The van der Waals surface area contributed by atoms with Crippen LogP contribution in [0, 0.1) is 0 Å². The highest BCUT2D eigenvalue weighted by Gasteiger charge is 2.06. The van der Waals surface area contributed by atoms with Gasteiger partial charge >= 0.3 is 0 Å². The van der Waals surface area contributed by atoms with Crippen molar-refractivity contribution in [3.63, 3.8) is 0 Å². The van der Waals surface area contributed by atoms with E-state index < -0.39 is 0 Å². The van der Waals surface area contributed by atoms with Crippen molar-refractivity contribution in [1.29, 1.82) is 0 Å². The van der Waals surface area contributed by atoms with Crippen molar-refractivity contribution in [3.8, 4) is 5.75 Å². The molecule has 0 unspecified atom stereocenters. The maximum Gasteiger partial charge on any atom is 0.251 e. The first-order valence-electron chi connectivity index (χ1n) is 3.74. The van der Waals surface area contributed by atoms with Gasteiger partial charge in [-0.2, -0.15) is 0 Å². The van der Waals surface area contributed by atoms with E-state index in [-0.39, 0.29) is 5.91 Å². The average molecular weight is 244 g/mol. The molecule has 0 bridgehead atoms. The summed E-state index contributed by atoms with van der Waals surface area (Å²) in [5, 5.41) is 2.54. The molecule has 0 fully saturated rings. The van der Waals surface area contributed by atoms with Crippen molar-refractivity contribution in [2.24, 2.45) is 0 Å². The lowest BCUT2D eigenvalue weighted by atomic mass is 10.2. The molecular weight excluding hydrogens is 234 g/mol. The van der Waals surface area contributed by atoms with E-state index >= 15 is 0 Å². The molecule has 0 aliphatic heterocycles. The van der Waals surface area contributed by atoms with Gasteiger partial charge in [0.1, 0.15) is 5.75 Å². The van der Waals surface area contributed by atoms with Crippen LogP contribution in [0.15, 0.2) is 22.7 Å². The molecule has 1 amide bonds. The van der Waals surface area contributed by atoms with Gasteiger partial charge in [-0.1, -0.05) is 0 Å². The van der Waals surface area contributed by atoms with Crippen molar-refractivity contribution in [3.05, 3.63) is 28.2 Å². The zero-order chi connectivity index (χ0) is 9.84. The number of methoxy groups -OCH3 is 1. The summed E-state index contributed by atoms with van der Waals surface area (Å²) in [6, 6.07) is 5.19. The molecule has 1 rings (SSSR count). The van der Waals surface area contributed by atoms with Crippen molar-refractivity contribution in [2.45, 2.75) is 0 Å². The SMILES string of the molecule is CNC(=O)c1ccc(Br)c(OC)c1. The van der Waals surface area contributed by atoms with Gasteiger partial charge in [-0.15, -0.1) is 0 Å². The molecule has 0 spiro atoms. The number of hydrogen-bond donors (Lipinski definition) is 1. The molecule has 0 aliphatic carbocycles. The summed E-state index contributed by atoms with van der Waals surface area (Å²) in [6.07, 6.45) is 0. The normalized spacial score (nSPS) is 9.46. The molecule has 0 radical (unpaired) electrons. The Balaban J connectivity index is 3.06. The molecule has 3 nitrogen and oxygen atoms in total. The molecule has 1 N–H and O–H groups in total. The molecular formula is C9H10BrNO2. The Hall–Kier alpha value is -1.03. The Morgan fingerprint density at radius 3 is 2.77 bits per heavy atom. The zero-order valence-electron chi connectivity index (χ0n) is 7.43. The van der Waals surface area contributed by atoms with E-state index in [0.717, 1.165) is 4.47 Å². The van der Waals surface area contributed by atoms with Crippen molar-refractivity contribution < 1.29 is 9.53 Å². The van der Waals surface area contributed by atoms with Crippen LogP contribution in [0.4, 0.5) is 0 Å². The van der Waals surface area contributed by atoms with Gasteiger partial charge in [-0.25, -0.2) is 0 Å². The van der Waals surface area contributed by atoms with Crippen LogP contribution < -0.4 is 10.1 Å². The fourth-order valence-corrected chi connectivity index (χ4v) is 1.35. The highest BCUT2D eigenvalue weighted by molar-refractivity contribution is 9.10. The fraction of sp³-hybridized carbons (Fsp3) is 0.222. The third-order valence-electron chi connectivity index (χ3n) is 1.64. The van der Waals surface area contributed by atoms with Gasteiger partial charge in [0.2, 0.25) is 0 Å². The quantitative estimate of drug-likeness (QED) is 0.861. The lowest BCUT2D eigenvalue weighted by Crippen LogP contribution is -2.17. The zero-order valence-corrected chi connectivity index (χ0v) is 9.01. The van der Waals surface area contributed by atoms with Crippen molar-refractivity contribution in [2.75, 3.05) is 14.2 Å². The molecule has 4 heteroatoms. The van der Waals surface area contributed by atoms with E-state index in [1.165, 1.54) is 0 Å². The van der Waals surface area contributed by atoms with Gasteiger partial charge < -0.3 is 10.1 Å². The van der Waals surface area contributed by atoms with Gasteiger partial charge in [0, 0.05) is 12.6 Å². The third-order valence-corrected chi connectivity index (χ3v) is 2.30. The van der Waals surface area contributed by atoms with E-state index in [1.54, 1.807) is 32.4 Å². The highest BCUT2D eigenvalue weighted by atomic mass is 79.9. The van der Waals surface area contributed by atoms with Crippen LogP contribution in [0.2, 0.25) is 0 Å². The van der Waals surface area contributed by atoms with Crippen LogP contribution in [0.3, 0.4) is 0 Å². The average Bonchev–Trinajstić information content (AvgIpc) is 2.17. The number of carbonyl (C=O) groups excluding carboxylic acids is 1. The van der Waals surface area contributed by atoms with E-state index in [0.29, 0.717) is 11.3 Å². The van der Waals surface area contributed by atoms with E-state index in [9.17, 15) is 4.79 Å². The predicted octanol–water partition coefficient (Wildman–Crippen LogP) is 1.82. The molecule has 0 saturated carbocycles. The molecule has 0 aliphatic rings. The molecule has 1 aromatic carbocycles. The smallest absolute Gasteiger partial charge is 0.251 e. The van der Waals surface area contributed by atoms with Crippen molar-refractivity contribution in [1.82, 2.24) is 5.32 Å². The molecule has 13 heavy (non-hydrogen) atoms. The minimum absolute atomic E-state index is 0.120. The number of ether oxygens (including phenoxy) is 1. The van der Waals surface area contributed by atoms with E-state index in [1.807, 2.05) is 0 Å². The Kier molecular flexibility index (Phi) is 3.31. The number of nitrogens with one attached hydrogen (secondary N) is 1. The first-order valence-corrected chi connectivity index (χ1v) is 4.54. The lowest BCUT2D eigenvalue weighted by molar-refractivity contribution is 0.0962. The fourth-order valence-electron chi connectivity index (χ4n) is 0.945. The van der Waals surface area contributed by atoms with E-state index in [2.05, 4.69) is 21.2 Å². The third kappa shape index (κ3) is 2.21. The predicted molar refractivity (Wildman–Crippen MR) is 54.1 cm³/mol. The second kappa shape index (κ2) is 4.28. The molecule has 70 valence electrons. The van der Waals surface area contributed by atoms with Crippen LogP contribution in [-0.4, -0.2) is 20.1 Å². The number of amides is 1. The maximum absolute atomic E-state index is 11.2. The van der Waals surface area contributed by atoms with Gasteiger partial charge in [0.15, 0.2) is 0 Å². The van der Waals surface area contributed by atoms with Crippen LogP contribution in [0.25, 0.3) is 0 Å². The summed E-state index contributed by atoms with van der Waals surface area (Å²) in [6.45, 7) is 0. The summed E-state index contributed by atoms with van der Waals surface area (Å²) >= 11 is 3.30. The van der Waals surface area contributed by atoms with Crippen LogP contribution in [0.5, 0.6) is 5.75 Å². The van der Waals surface area contributed by atoms with Crippen LogP contribution >= 0.6 is 15.9 Å². The lowest BCUT2D eigenvalue weighted by Gasteiger charge is -2.05. The molecule has 0 saturated heterocycles. The topological polar surface area (TPSA) is 38.3 Å². The maximum atomic E-state index is 11.2. The first-order chi connectivity index (χ1) is 6.19. The highest BCUT2D eigenvalue weighted by Crippen LogP contribution is 2.25. The summed E-state index contributed by atoms with van der Waals surface area (Å²) < 4.78 is 5.89. The number of carbonyl (C=O) groups is 1. The van der Waals surface area contributed by atoms with Gasteiger partial charge in [0.05, 0.1) is 11.6 Å². The Morgan fingerprint density at radius 1 is 1.54 bits per heavy atom. The largest absolute Gasteiger partial charge is 0.496 e. The minimum atomic E-state index is -0.120. The minimum Gasteiger partial charge on any atom is -0.496 e. The van der Waals surface area contributed by atoms with Gasteiger partial charge in [-0.3, -0.25) is 4.79 Å².